The maximum atomic E-state index is 14.6. The van der Waals surface area contributed by atoms with Gasteiger partial charge in [0, 0.05) is 29.4 Å². The van der Waals surface area contributed by atoms with E-state index in [0.29, 0.717) is 28.5 Å². The van der Waals surface area contributed by atoms with E-state index in [1.54, 1.807) is 12.2 Å². The Morgan fingerprint density at radius 2 is 1.81 bits per heavy atom. The average Bonchev–Trinajstić information content (AvgIpc) is 2.78. The number of nitrogens with zero attached hydrogens (tertiary/aromatic N) is 1. The second-order valence-corrected chi connectivity index (χ2v) is 8.00. The number of thiocarbonyl (C=S) groups is 1. The first kappa shape index (κ1) is 22.0. The van der Waals surface area contributed by atoms with Crippen LogP contribution in [-0.2, 0) is 13.0 Å². The topological polar surface area (TPSA) is 24.5 Å². The fourth-order valence-electron chi connectivity index (χ4n) is 3.76. The van der Waals surface area contributed by atoms with Crippen molar-refractivity contribution in [3.8, 4) is 11.5 Å². The molecule has 3 aromatic carbocycles. The highest BCUT2D eigenvalue weighted by Crippen LogP contribution is 2.32. The lowest BCUT2D eigenvalue weighted by Crippen LogP contribution is -2.42. The maximum Gasteiger partial charge on any atom is 0.131 e. The monoisotopic (exact) mass is 450 g/mol. The van der Waals surface area contributed by atoms with E-state index in [1.165, 1.54) is 11.6 Å². The smallest absolute Gasteiger partial charge is 0.131 e. The lowest BCUT2D eigenvalue weighted by molar-refractivity contribution is 0.482. The Kier molecular flexibility index (Phi) is 6.51. The summed E-state index contributed by atoms with van der Waals surface area (Å²) >= 11 is 5.52. The van der Waals surface area contributed by atoms with Crippen molar-refractivity contribution in [1.82, 2.24) is 5.32 Å². The molecular formula is C26H24F2N2OS. The van der Waals surface area contributed by atoms with Gasteiger partial charge in [0.2, 0.25) is 0 Å². The zero-order chi connectivity index (χ0) is 22.7. The quantitative estimate of drug-likeness (QED) is 0.428. The lowest BCUT2D eigenvalue weighted by Gasteiger charge is -2.33. The molecule has 0 atom stereocenters. The van der Waals surface area contributed by atoms with E-state index in [1.807, 2.05) is 54.3 Å². The van der Waals surface area contributed by atoms with Crippen molar-refractivity contribution in [2.45, 2.75) is 26.8 Å². The molecule has 0 saturated heterocycles. The summed E-state index contributed by atoms with van der Waals surface area (Å²) in [5, 5.41) is 3.18. The third-order valence-electron chi connectivity index (χ3n) is 5.44. The van der Waals surface area contributed by atoms with Crippen LogP contribution in [0, 0.1) is 11.6 Å². The number of anilines is 1. The normalized spacial score (nSPS) is 13.2. The summed E-state index contributed by atoms with van der Waals surface area (Å²) < 4.78 is 34.4. The first-order valence-electron chi connectivity index (χ1n) is 10.5. The van der Waals surface area contributed by atoms with Crippen molar-refractivity contribution in [2.24, 2.45) is 0 Å². The van der Waals surface area contributed by atoms with Crippen LogP contribution in [0.4, 0.5) is 14.5 Å². The molecule has 32 heavy (non-hydrogen) atoms. The van der Waals surface area contributed by atoms with Crippen molar-refractivity contribution in [2.75, 3.05) is 11.6 Å². The predicted molar refractivity (Wildman–Crippen MR) is 129 cm³/mol. The summed E-state index contributed by atoms with van der Waals surface area (Å²) in [6.07, 6.45) is 4.45. The summed E-state index contributed by atoms with van der Waals surface area (Å²) in [5.74, 6) is 0.259. The Balaban J connectivity index is 1.62. The van der Waals surface area contributed by atoms with Crippen LogP contribution in [0.5, 0.6) is 11.5 Å². The minimum Gasteiger partial charge on any atom is -0.457 e. The Morgan fingerprint density at radius 1 is 1.06 bits per heavy atom. The molecule has 1 aliphatic heterocycles. The molecule has 0 bridgehead atoms. The number of ether oxygens (including phenoxy) is 1. The predicted octanol–water partition coefficient (Wildman–Crippen LogP) is 6.60. The number of hydrogen-bond acceptors (Lipinski definition) is 3. The third-order valence-corrected chi connectivity index (χ3v) is 5.81. The second-order valence-electron chi connectivity index (χ2n) is 7.60. The molecule has 0 spiro atoms. The van der Waals surface area contributed by atoms with Crippen LogP contribution in [0.2, 0.25) is 0 Å². The highest BCUT2D eigenvalue weighted by atomic mass is 32.1. The van der Waals surface area contributed by atoms with E-state index < -0.39 is 11.6 Å². The van der Waals surface area contributed by atoms with Gasteiger partial charge in [-0.1, -0.05) is 43.4 Å². The van der Waals surface area contributed by atoms with Gasteiger partial charge in [0.05, 0.1) is 6.67 Å². The van der Waals surface area contributed by atoms with Gasteiger partial charge >= 0.3 is 0 Å². The van der Waals surface area contributed by atoms with E-state index in [2.05, 4.69) is 12.2 Å². The summed E-state index contributed by atoms with van der Waals surface area (Å²) in [6, 6.07) is 15.9. The second kappa shape index (κ2) is 9.49. The van der Waals surface area contributed by atoms with E-state index in [0.717, 1.165) is 29.5 Å². The van der Waals surface area contributed by atoms with Crippen LogP contribution in [0.15, 0.2) is 60.7 Å². The largest absolute Gasteiger partial charge is 0.457 e. The van der Waals surface area contributed by atoms with Crippen LogP contribution in [0.25, 0.3) is 6.08 Å². The molecule has 0 unspecified atom stereocenters. The van der Waals surface area contributed by atoms with Crippen LogP contribution in [-0.4, -0.2) is 11.7 Å². The van der Waals surface area contributed by atoms with Crippen LogP contribution in [0.1, 0.15) is 36.1 Å². The molecule has 0 fully saturated rings. The molecule has 0 radical (unpaired) electrons. The molecule has 1 heterocycles. The summed E-state index contributed by atoms with van der Waals surface area (Å²) in [7, 11) is 0. The zero-order valence-corrected chi connectivity index (χ0v) is 18.8. The van der Waals surface area contributed by atoms with Crippen molar-refractivity contribution in [3.63, 3.8) is 0 Å². The van der Waals surface area contributed by atoms with E-state index in [4.69, 9.17) is 17.0 Å². The summed E-state index contributed by atoms with van der Waals surface area (Å²) in [6.45, 7) is 4.63. The van der Waals surface area contributed by atoms with Gasteiger partial charge in [0.15, 0.2) is 0 Å². The molecule has 3 nitrogen and oxygen atoms in total. The van der Waals surface area contributed by atoms with Gasteiger partial charge in [-0.25, -0.2) is 8.78 Å². The number of aryl methyl sites for hydroxylation is 1. The SMILES string of the molecule is CC=Cc1cc(F)cc(F)c1CN1CNC(=S)c2cc(Oc3ccc(CC)cc3)ccc21. The van der Waals surface area contributed by atoms with Gasteiger partial charge in [-0.3, -0.25) is 0 Å². The minimum atomic E-state index is -0.591. The Bertz CT molecular complexity index is 1180. The summed E-state index contributed by atoms with van der Waals surface area (Å²) in [5.41, 5.74) is 3.88. The fourth-order valence-corrected chi connectivity index (χ4v) is 3.99. The highest BCUT2D eigenvalue weighted by Gasteiger charge is 2.23. The molecule has 0 aromatic heterocycles. The molecule has 3 aromatic rings. The molecule has 0 aliphatic carbocycles. The first-order chi connectivity index (χ1) is 15.5. The Labute approximate surface area is 192 Å². The molecule has 1 aliphatic rings. The average molecular weight is 451 g/mol. The van der Waals surface area contributed by atoms with Crippen LogP contribution in [0.3, 0.4) is 0 Å². The van der Waals surface area contributed by atoms with Crippen LogP contribution >= 0.6 is 12.2 Å². The van der Waals surface area contributed by atoms with E-state index in [-0.39, 0.29) is 6.54 Å². The van der Waals surface area contributed by atoms with Gasteiger partial charge < -0.3 is 15.0 Å². The molecular weight excluding hydrogens is 426 g/mol. The number of halogens is 2. The third kappa shape index (κ3) is 4.65. The van der Waals surface area contributed by atoms with E-state index in [9.17, 15) is 8.78 Å². The van der Waals surface area contributed by atoms with Gasteiger partial charge in [-0.2, -0.15) is 0 Å². The van der Waals surface area contributed by atoms with Crippen molar-refractivity contribution >= 4 is 29.0 Å². The molecule has 164 valence electrons. The number of hydrogen-bond donors (Lipinski definition) is 1. The molecule has 1 N–H and O–H groups in total. The minimum absolute atomic E-state index is 0.271. The molecule has 4 rings (SSSR count). The van der Waals surface area contributed by atoms with Crippen LogP contribution < -0.4 is 15.0 Å². The van der Waals surface area contributed by atoms with Gasteiger partial charge in [0.25, 0.3) is 0 Å². The molecule has 0 saturated carbocycles. The summed E-state index contributed by atoms with van der Waals surface area (Å²) in [4.78, 5) is 2.59. The maximum absolute atomic E-state index is 14.6. The Hall–Kier alpha value is -3.25. The molecule has 6 heteroatoms. The fraction of sp³-hybridized carbons (Fsp3) is 0.192. The van der Waals surface area contributed by atoms with E-state index >= 15 is 0 Å². The van der Waals surface area contributed by atoms with Crippen molar-refractivity contribution < 1.29 is 13.5 Å². The highest BCUT2D eigenvalue weighted by molar-refractivity contribution is 7.80. The lowest BCUT2D eigenvalue weighted by atomic mass is 10.0. The van der Waals surface area contributed by atoms with Gasteiger partial charge in [-0.15, -0.1) is 0 Å². The number of rotatable bonds is 6. The number of fused-ring (bicyclic) bond motifs is 1. The van der Waals surface area contributed by atoms with Gasteiger partial charge in [0.1, 0.15) is 28.1 Å². The van der Waals surface area contributed by atoms with Gasteiger partial charge in [-0.05, 0) is 60.9 Å². The number of benzene rings is 3. The zero-order valence-electron chi connectivity index (χ0n) is 18.0. The van der Waals surface area contributed by atoms with Crippen molar-refractivity contribution in [1.29, 1.82) is 0 Å². The number of allylic oxidation sites excluding steroid dienone is 1. The van der Waals surface area contributed by atoms with Crippen molar-refractivity contribution in [3.05, 3.63) is 94.6 Å². The number of nitrogens with one attached hydrogen (secondary N) is 1. The molecule has 0 amide bonds. The standard InChI is InChI=1S/C26H24F2N2OS/c1-3-5-18-12-19(27)13-24(28)23(18)15-30-16-29-26(32)22-14-21(10-11-25(22)30)31-20-8-6-17(4-2)7-9-20/h3,5-14H,4,15-16H2,1-2H3,(H,29,32). The Morgan fingerprint density at radius 3 is 2.53 bits per heavy atom. The first-order valence-corrected chi connectivity index (χ1v) is 10.9.